The minimum absolute atomic E-state index is 0.0609. The first-order valence-electron chi connectivity index (χ1n) is 8.27. The molecule has 0 aliphatic carbocycles. The van der Waals surface area contributed by atoms with Crippen molar-refractivity contribution in [3.05, 3.63) is 59.2 Å². The molecule has 2 unspecified atom stereocenters. The third kappa shape index (κ3) is 3.12. The monoisotopic (exact) mass is 327 g/mol. The predicted octanol–water partition coefficient (Wildman–Crippen LogP) is 3.01. The molecule has 0 radical (unpaired) electrons. The summed E-state index contributed by atoms with van der Waals surface area (Å²) < 4.78 is 10.9. The first-order chi connectivity index (χ1) is 11.7. The van der Waals surface area contributed by atoms with E-state index in [4.69, 9.17) is 9.47 Å². The maximum atomic E-state index is 10.1. The number of hydrogen-bond donors (Lipinski definition) is 1. The van der Waals surface area contributed by atoms with Crippen LogP contribution in [0.1, 0.15) is 28.5 Å². The molecule has 3 rings (SSSR count). The molecule has 0 bridgehead atoms. The van der Waals surface area contributed by atoms with Gasteiger partial charge in [-0.15, -0.1) is 0 Å². The number of aliphatic hydroxyl groups excluding tert-OH is 1. The zero-order valence-electron chi connectivity index (χ0n) is 14.5. The molecule has 2 aromatic rings. The van der Waals surface area contributed by atoms with Crippen LogP contribution in [0, 0.1) is 0 Å². The minimum Gasteiger partial charge on any atom is -0.493 e. The van der Waals surface area contributed by atoms with Crippen LogP contribution in [0.3, 0.4) is 0 Å². The van der Waals surface area contributed by atoms with Gasteiger partial charge in [-0.05, 0) is 35.9 Å². The summed E-state index contributed by atoms with van der Waals surface area (Å²) in [6, 6.07) is 14.4. The third-order valence-electron chi connectivity index (χ3n) is 4.90. The molecular formula is C20H25NO3. The molecule has 4 heteroatoms. The van der Waals surface area contributed by atoms with Crippen LogP contribution in [0.5, 0.6) is 11.5 Å². The van der Waals surface area contributed by atoms with Crippen LogP contribution < -0.4 is 9.47 Å². The van der Waals surface area contributed by atoms with Gasteiger partial charge in [0.15, 0.2) is 11.5 Å². The number of nitrogens with zero attached hydrogens (tertiary/aromatic N) is 1. The van der Waals surface area contributed by atoms with Crippen molar-refractivity contribution in [2.45, 2.75) is 18.4 Å². The maximum Gasteiger partial charge on any atom is 0.161 e. The Hall–Kier alpha value is -2.04. The smallest absolute Gasteiger partial charge is 0.161 e. The van der Waals surface area contributed by atoms with Crippen LogP contribution >= 0.6 is 0 Å². The van der Waals surface area contributed by atoms with E-state index in [0.717, 1.165) is 24.6 Å². The van der Waals surface area contributed by atoms with E-state index in [1.165, 1.54) is 16.7 Å². The van der Waals surface area contributed by atoms with Crippen LogP contribution in [0.2, 0.25) is 0 Å². The van der Waals surface area contributed by atoms with Gasteiger partial charge in [0.05, 0.1) is 20.8 Å². The SMILES string of the molecule is COc1cc2c(cc1OC)C(C(CO)c1ccccc1)CN(C)C2. The van der Waals surface area contributed by atoms with Crippen molar-refractivity contribution in [3.63, 3.8) is 0 Å². The van der Waals surface area contributed by atoms with Gasteiger partial charge in [-0.25, -0.2) is 0 Å². The quantitative estimate of drug-likeness (QED) is 0.917. The lowest BCUT2D eigenvalue weighted by Gasteiger charge is -2.37. The maximum absolute atomic E-state index is 10.1. The normalized spacial score (nSPS) is 18.8. The summed E-state index contributed by atoms with van der Waals surface area (Å²) in [4.78, 5) is 2.30. The van der Waals surface area contributed by atoms with Crippen LogP contribution in [0.25, 0.3) is 0 Å². The summed E-state index contributed by atoms with van der Waals surface area (Å²) in [5.74, 6) is 1.78. The molecular weight excluding hydrogens is 302 g/mol. The zero-order chi connectivity index (χ0) is 17.1. The lowest BCUT2D eigenvalue weighted by Crippen LogP contribution is -2.34. The molecule has 24 heavy (non-hydrogen) atoms. The van der Waals surface area contributed by atoms with Gasteiger partial charge in [0.25, 0.3) is 0 Å². The van der Waals surface area contributed by atoms with Gasteiger partial charge in [0.2, 0.25) is 0 Å². The second-order valence-electron chi connectivity index (χ2n) is 6.41. The molecule has 0 fully saturated rings. The summed E-state index contributed by atoms with van der Waals surface area (Å²) in [5.41, 5.74) is 3.65. The molecule has 0 spiro atoms. The van der Waals surface area contributed by atoms with Gasteiger partial charge in [-0.3, -0.25) is 0 Å². The summed E-state index contributed by atoms with van der Waals surface area (Å²) in [6.07, 6.45) is 0. The Morgan fingerprint density at radius 1 is 1.12 bits per heavy atom. The van der Waals surface area contributed by atoms with E-state index in [-0.39, 0.29) is 18.4 Å². The topological polar surface area (TPSA) is 41.9 Å². The van der Waals surface area contributed by atoms with E-state index in [1.807, 2.05) is 18.2 Å². The molecule has 4 nitrogen and oxygen atoms in total. The fourth-order valence-corrected chi connectivity index (χ4v) is 3.72. The van der Waals surface area contributed by atoms with Crippen molar-refractivity contribution in [1.29, 1.82) is 0 Å². The Morgan fingerprint density at radius 2 is 1.79 bits per heavy atom. The molecule has 2 atom stereocenters. The molecule has 0 amide bonds. The highest BCUT2D eigenvalue weighted by molar-refractivity contribution is 5.50. The predicted molar refractivity (Wildman–Crippen MR) is 94.9 cm³/mol. The molecule has 0 saturated carbocycles. The second-order valence-corrected chi connectivity index (χ2v) is 6.41. The van der Waals surface area contributed by atoms with Crippen molar-refractivity contribution in [2.24, 2.45) is 0 Å². The van der Waals surface area contributed by atoms with Crippen LogP contribution in [-0.2, 0) is 6.54 Å². The zero-order valence-corrected chi connectivity index (χ0v) is 14.5. The number of hydrogen-bond acceptors (Lipinski definition) is 4. The van der Waals surface area contributed by atoms with Crippen LogP contribution in [-0.4, -0.2) is 44.4 Å². The Kier molecular flexibility index (Phi) is 5.07. The fraction of sp³-hybridized carbons (Fsp3) is 0.400. The molecule has 0 saturated heterocycles. The summed E-state index contributed by atoms with van der Waals surface area (Å²) in [7, 11) is 5.44. The van der Waals surface area contributed by atoms with Gasteiger partial charge >= 0.3 is 0 Å². The molecule has 0 aromatic heterocycles. The second kappa shape index (κ2) is 7.24. The standard InChI is InChI=1S/C20H25NO3/c1-21-11-15-9-19(23-2)20(24-3)10-16(15)17(12-21)18(13-22)14-7-5-4-6-8-14/h4-10,17-18,22H,11-13H2,1-3H3. The minimum atomic E-state index is 0.0609. The Labute approximate surface area is 143 Å². The average Bonchev–Trinajstić information content (AvgIpc) is 2.62. The largest absolute Gasteiger partial charge is 0.493 e. The number of fused-ring (bicyclic) bond motifs is 1. The van der Waals surface area contributed by atoms with E-state index in [9.17, 15) is 5.11 Å². The first kappa shape index (κ1) is 16.8. The molecule has 128 valence electrons. The number of ether oxygens (including phenoxy) is 2. The van der Waals surface area contributed by atoms with E-state index < -0.39 is 0 Å². The third-order valence-corrected chi connectivity index (χ3v) is 4.90. The summed E-state index contributed by atoms with van der Waals surface area (Å²) in [6.45, 7) is 1.90. The van der Waals surface area contributed by atoms with E-state index in [1.54, 1.807) is 14.2 Å². The lowest BCUT2D eigenvalue weighted by molar-refractivity contribution is 0.205. The van der Waals surface area contributed by atoms with E-state index >= 15 is 0 Å². The molecule has 2 aromatic carbocycles. The van der Waals surface area contributed by atoms with Gasteiger partial charge < -0.3 is 19.5 Å². The number of benzene rings is 2. The Morgan fingerprint density at radius 3 is 2.42 bits per heavy atom. The molecule has 1 aliphatic rings. The highest BCUT2D eigenvalue weighted by Crippen LogP contribution is 2.42. The first-order valence-corrected chi connectivity index (χ1v) is 8.27. The number of likely N-dealkylation sites (N-methyl/N-ethyl adjacent to an activating group) is 1. The van der Waals surface area contributed by atoms with Crippen molar-refractivity contribution >= 4 is 0 Å². The van der Waals surface area contributed by atoms with E-state index in [2.05, 4.69) is 36.2 Å². The van der Waals surface area contributed by atoms with Gasteiger partial charge in [-0.2, -0.15) is 0 Å². The van der Waals surface area contributed by atoms with Crippen molar-refractivity contribution in [2.75, 3.05) is 34.4 Å². The van der Waals surface area contributed by atoms with Crippen LogP contribution in [0.4, 0.5) is 0 Å². The highest BCUT2D eigenvalue weighted by atomic mass is 16.5. The lowest BCUT2D eigenvalue weighted by atomic mass is 9.77. The fourth-order valence-electron chi connectivity index (χ4n) is 3.72. The van der Waals surface area contributed by atoms with Crippen molar-refractivity contribution in [1.82, 2.24) is 4.90 Å². The Balaban J connectivity index is 2.07. The van der Waals surface area contributed by atoms with Crippen LogP contribution in [0.15, 0.2) is 42.5 Å². The Bertz CT molecular complexity index is 687. The van der Waals surface area contributed by atoms with Gasteiger partial charge in [0.1, 0.15) is 0 Å². The summed E-state index contributed by atoms with van der Waals surface area (Å²) in [5, 5.41) is 10.1. The van der Waals surface area contributed by atoms with E-state index in [0.29, 0.717) is 0 Å². The summed E-state index contributed by atoms with van der Waals surface area (Å²) >= 11 is 0. The highest BCUT2D eigenvalue weighted by Gasteiger charge is 2.32. The molecule has 1 heterocycles. The molecule has 1 N–H and O–H groups in total. The number of aliphatic hydroxyl groups is 1. The number of methoxy groups -OCH3 is 2. The number of rotatable bonds is 5. The van der Waals surface area contributed by atoms with Crippen molar-refractivity contribution in [3.8, 4) is 11.5 Å². The molecule has 1 aliphatic heterocycles. The van der Waals surface area contributed by atoms with Crippen molar-refractivity contribution < 1.29 is 14.6 Å². The van der Waals surface area contributed by atoms with Gasteiger partial charge in [-0.1, -0.05) is 30.3 Å². The van der Waals surface area contributed by atoms with Gasteiger partial charge in [0, 0.05) is 24.9 Å². The average molecular weight is 327 g/mol.